The van der Waals surface area contributed by atoms with Gasteiger partial charge in [0, 0.05) is 30.7 Å². The zero-order valence-electron chi connectivity index (χ0n) is 14.3. The van der Waals surface area contributed by atoms with Crippen LogP contribution in [0.1, 0.15) is 17.7 Å². The summed E-state index contributed by atoms with van der Waals surface area (Å²) in [5, 5.41) is 2.93. The molecule has 3 aromatic rings. The molecule has 1 amide bonds. The number of amides is 1. The summed E-state index contributed by atoms with van der Waals surface area (Å²) in [6, 6.07) is 3.92. The smallest absolute Gasteiger partial charge is 0.228 e. The largest absolute Gasteiger partial charge is 0.352 e. The highest BCUT2D eigenvalue weighted by Gasteiger charge is 2.53. The summed E-state index contributed by atoms with van der Waals surface area (Å²) >= 11 is 1.56. The van der Waals surface area contributed by atoms with E-state index in [1.807, 2.05) is 23.7 Å². The number of rotatable bonds is 3. The summed E-state index contributed by atoms with van der Waals surface area (Å²) in [6.45, 7) is 2.36. The van der Waals surface area contributed by atoms with Gasteiger partial charge in [-0.3, -0.25) is 4.79 Å². The second-order valence-corrected chi connectivity index (χ2v) is 8.15. The summed E-state index contributed by atoms with van der Waals surface area (Å²) < 4.78 is 0. The molecular formula is C18H18BN5OS. The van der Waals surface area contributed by atoms with Gasteiger partial charge in [-0.25, -0.2) is 9.97 Å². The number of fused-ring (bicyclic) bond motifs is 1. The monoisotopic (exact) mass is 363 g/mol. The van der Waals surface area contributed by atoms with E-state index >= 15 is 0 Å². The Morgan fingerprint density at radius 2 is 2.23 bits per heavy atom. The van der Waals surface area contributed by atoms with Crippen molar-refractivity contribution in [3.05, 3.63) is 34.9 Å². The summed E-state index contributed by atoms with van der Waals surface area (Å²) in [5.74, 6) is 1.17. The topological polar surface area (TPSA) is 65.1 Å². The van der Waals surface area contributed by atoms with Gasteiger partial charge in [-0.05, 0) is 24.3 Å². The molecule has 2 radical (unpaired) electrons. The average Bonchev–Trinajstić information content (AvgIpc) is 3.05. The van der Waals surface area contributed by atoms with Crippen molar-refractivity contribution in [2.75, 3.05) is 24.5 Å². The van der Waals surface area contributed by atoms with Gasteiger partial charge >= 0.3 is 0 Å². The Morgan fingerprint density at radius 3 is 3.00 bits per heavy atom. The third-order valence-electron chi connectivity index (χ3n) is 5.41. The quantitative estimate of drug-likeness (QED) is 0.711. The number of H-pyrrole nitrogens is 1. The van der Waals surface area contributed by atoms with Crippen LogP contribution in [0.4, 0.5) is 5.82 Å². The Balaban J connectivity index is 1.36. The normalized spacial score (nSPS) is 18.6. The van der Waals surface area contributed by atoms with Crippen LogP contribution in [0.2, 0.25) is 0 Å². The summed E-state index contributed by atoms with van der Waals surface area (Å²) in [5.41, 5.74) is 1.56. The van der Waals surface area contributed by atoms with Gasteiger partial charge in [0.1, 0.15) is 25.6 Å². The van der Waals surface area contributed by atoms with Crippen LogP contribution in [0.25, 0.3) is 11.0 Å². The number of aromatic nitrogens is 3. The summed E-state index contributed by atoms with van der Waals surface area (Å²) in [7, 11) is 5.78. The molecule has 0 atom stereocenters. The van der Waals surface area contributed by atoms with E-state index in [-0.39, 0.29) is 11.4 Å². The second-order valence-electron chi connectivity index (χ2n) is 7.15. The maximum absolute atomic E-state index is 12.9. The molecule has 1 saturated heterocycles. The van der Waals surface area contributed by atoms with Gasteiger partial charge in [-0.2, -0.15) is 0 Å². The Kier molecular flexibility index (Phi) is 3.57. The molecule has 2 aliphatic rings. The van der Waals surface area contributed by atoms with Crippen molar-refractivity contribution >= 4 is 47.4 Å². The highest BCUT2D eigenvalue weighted by atomic mass is 32.1. The number of thiophene rings is 1. The van der Waals surface area contributed by atoms with Crippen LogP contribution in [-0.2, 0) is 11.2 Å². The molecule has 2 fully saturated rings. The standard InChI is InChI=1S/C18H18BN5OS/c19-12-7-13(26-9-12)8-15(25)24-6-5-23(10-18(24)2-3-18)17-14-1-4-20-16(14)21-11-22-17/h1,4,7,9,11H,2-3,5-6,8,10H2,(H,20,21,22). The van der Waals surface area contributed by atoms with E-state index in [0.29, 0.717) is 6.42 Å². The van der Waals surface area contributed by atoms with E-state index in [1.165, 1.54) is 0 Å². The lowest BCUT2D eigenvalue weighted by Gasteiger charge is -2.43. The molecule has 0 aromatic carbocycles. The number of nitrogens with zero attached hydrogens (tertiary/aromatic N) is 4. The van der Waals surface area contributed by atoms with Crippen molar-refractivity contribution in [3.63, 3.8) is 0 Å². The van der Waals surface area contributed by atoms with Crippen LogP contribution in [0.3, 0.4) is 0 Å². The Labute approximate surface area is 156 Å². The number of nitrogens with one attached hydrogen (secondary N) is 1. The third-order valence-corrected chi connectivity index (χ3v) is 6.37. The maximum Gasteiger partial charge on any atom is 0.228 e. The zero-order chi connectivity index (χ0) is 17.7. The molecule has 130 valence electrons. The van der Waals surface area contributed by atoms with Crippen LogP contribution in [0.5, 0.6) is 0 Å². The molecular weight excluding hydrogens is 345 g/mol. The first-order valence-electron chi connectivity index (χ1n) is 8.81. The van der Waals surface area contributed by atoms with E-state index in [4.69, 9.17) is 7.85 Å². The molecule has 1 N–H and O–H groups in total. The van der Waals surface area contributed by atoms with E-state index in [2.05, 4.69) is 24.8 Å². The first-order chi connectivity index (χ1) is 12.6. The van der Waals surface area contributed by atoms with Crippen LogP contribution < -0.4 is 10.4 Å². The molecule has 1 spiro atoms. The number of carbonyl (C=O) groups is 1. The predicted octanol–water partition coefficient (Wildman–Crippen LogP) is 1.24. The fourth-order valence-electron chi connectivity index (χ4n) is 3.97. The van der Waals surface area contributed by atoms with Crippen LogP contribution in [-0.4, -0.2) is 58.8 Å². The molecule has 8 heteroatoms. The first kappa shape index (κ1) is 15.9. The fourth-order valence-corrected chi connectivity index (χ4v) is 4.73. The van der Waals surface area contributed by atoms with Gasteiger partial charge < -0.3 is 14.8 Å². The molecule has 3 aromatic heterocycles. The highest BCUT2D eigenvalue weighted by molar-refractivity contribution is 7.11. The van der Waals surface area contributed by atoms with Crippen molar-refractivity contribution in [2.24, 2.45) is 0 Å². The van der Waals surface area contributed by atoms with E-state index in [0.717, 1.165) is 59.7 Å². The number of aromatic amines is 1. The van der Waals surface area contributed by atoms with Gasteiger partial charge in [0.2, 0.25) is 5.91 Å². The van der Waals surface area contributed by atoms with Gasteiger partial charge in [0.25, 0.3) is 0 Å². The molecule has 4 heterocycles. The number of hydrogen-bond acceptors (Lipinski definition) is 5. The van der Waals surface area contributed by atoms with Crippen molar-refractivity contribution in [2.45, 2.75) is 24.8 Å². The lowest BCUT2D eigenvalue weighted by molar-refractivity contribution is -0.134. The molecule has 26 heavy (non-hydrogen) atoms. The van der Waals surface area contributed by atoms with Crippen LogP contribution >= 0.6 is 11.3 Å². The maximum atomic E-state index is 12.9. The van der Waals surface area contributed by atoms with Crippen molar-refractivity contribution in [3.8, 4) is 0 Å². The Morgan fingerprint density at radius 1 is 1.35 bits per heavy atom. The first-order valence-corrected chi connectivity index (χ1v) is 9.69. The number of carbonyl (C=O) groups excluding carboxylic acids is 1. The predicted molar refractivity (Wildman–Crippen MR) is 103 cm³/mol. The third kappa shape index (κ3) is 2.60. The SMILES string of the molecule is [B]c1csc(CC(=O)N2CCN(c3ncnc4[nH]ccc34)CC23CC3)c1. The van der Waals surface area contributed by atoms with Crippen molar-refractivity contribution in [1.82, 2.24) is 19.9 Å². The minimum absolute atomic E-state index is 0.0360. The molecule has 0 unspecified atom stereocenters. The summed E-state index contributed by atoms with van der Waals surface area (Å²) in [6.07, 6.45) is 6.06. The van der Waals surface area contributed by atoms with Gasteiger partial charge in [-0.15, -0.1) is 11.3 Å². The highest BCUT2D eigenvalue weighted by Crippen LogP contribution is 2.45. The van der Waals surface area contributed by atoms with E-state index < -0.39 is 0 Å². The number of anilines is 1. The Hall–Kier alpha value is -2.35. The van der Waals surface area contributed by atoms with Crippen molar-refractivity contribution in [1.29, 1.82) is 0 Å². The minimum Gasteiger partial charge on any atom is -0.352 e. The van der Waals surface area contributed by atoms with Crippen LogP contribution in [0, 0.1) is 0 Å². The number of piperazine rings is 1. The van der Waals surface area contributed by atoms with Gasteiger partial charge in [-0.1, -0.05) is 11.5 Å². The Bertz CT molecular complexity index is 979. The molecule has 5 rings (SSSR count). The lowest BCUT2D eigenvalue weighted by Crippen LogP contribution is -2.57. The zero-order valence-corrected chi connectivity index (χ0v) is 15.1. The molecule has 1 aliphatic heterocycles. The average molecular weight is 363 g/mol. The molecule has 6 nitrogen and oxygen atoms in total. The second kappa shape index (κ2) is 5.84. The molecule has 1 saturated carbocycles. The van der Waals surface area contributed by atoms with Crippen LogP contribution in [0.15, 0.2) is 30.0 Å². The van der Waals surface area contributed by atoms with Crippen molar-refractivity contribution < 1.29 is 4.79 Å². The summed E-state index contributed by atoms with van der Waals surface area (Å²) in [4.78, 5) is 30.3. The van der Waals surface area contributed by atoms with E-state index in [9.17, 15) is 4.79 Å². The molecule has 0 bridgehead atoms. The number of hydrogen-bond donors (Lipinski definition) is 1. The molecule has 1 aliphatic carbocycles. The van der Waals surface area contributed by atoms with Gasteiger partial charge in [0.05, 0.1) is 17.3 Å². The minimum atomic E-state index is -0.0360. The van der Waals surface area contributed by atoms with Gasteiger partial charge in [0.15, 0.2) is 0 Å². The lowest BCUT2D eigenvalue weighted by atomic mass is 10.00. The fraction of sp³-hybridized carbons (Fsp3) is 0.389. The van der Waals surface area contributed by atoms with E-state index in [1.54, 1.807) is 17.7 Å².